The molecular weight excluding hydrogens is 394 g/mol. The van der Waals surface area contributed by atoms with E-state index in [2.05, 4.69) is 5.32 Å². The van der Waals surface area contributed by atoms with Crippen molar-refractivity contribution in [2.24, 2.45) is 0 Å². The van der Waals surface area contributed by atoms with Crippen molar-refractivity contribution in [2.75, 3.05) is 0 Å². The maximum Gasteiger partial charge on any atom is 0.433 e. The van der Waals surface area contributed by atoms with Crippen LogP contribution in [0.3, 0.4) is 0 Å². The maximum absolute atomic E-state index is 13.5. The quantitative estimate of drug-likeness (QED) is 0.515. The second-order valence-corrected chi connectivity index (χ2v) is 5.97. The van der Waals surface area contributed by atoms with E-state index in [1.54, 1.807) is 6.07 Å². The molecule has 0 spiro atoms. The van der Waals surface area contributed by atoms with Crippen LogP contribution in [0.5, 0.6) is 0 Å². The Balaban J connectivity index is 2.04. The molecular formula is C19H13F4N3O3. The van der Waals surface area contributed by atoms with Gasteiger partial charge in [0.25, 0.3) is 11.3 Å². The summed E-state index contributed by atoms with van der Waals surface area (Å²) in [5, 5.41) is 3.98. The summed E-state index contributed by atoms with van der Waals surface area (Å²) in [5.41, 5.74) is -5.53. The minimum atomic E-state index is -5.11. The van der Waals surface area contributed by atoms with Crippen LogP contribution in [0.2, 0.25) is 0 Å². The topological polar surface area (TPSA) is 84.0 Å². The Morgan fingerprint density at radius 1 is 1.00 bits per heavy atom. The molecule has 0 saturated heterocycles. The Morgan fingerprint density at radius 2 is 1.62 bits per heavy atom. The fourth-order valence-electron chi connectivity index (χ4n) is 2.59. The first-order valence-electron chi connectivity index (χ1n) is 8.23. The van der Waals surface area contributed by atoms with Crippen LogP contribution in [0, 0.1) is 5.82 Å². The third-order valence-electron chi connectivity index (χ3n) is 3.99. The molecule has 3 aromatic rings. The Morgan fingerprint density at radius 3 is 2.21 bits per heavy atom. The smallest absolute Gasteiger partial charge is 0.348 e. The minimum absolute atomic E-state index is 0.00151. The number of nitrogens with one attached hydrogen (secondary N) is 2. The second kappa shape index (κ2) is 7.74. The lowest BCUT2D eigenvalue weighted by Crippen LogP contribution is -2.44. The molecule has 3 rings (SSSR count). The number of alkyl halides is 3. The molecule has 0 unspecified atom stereocenters. The molecule has 1 heterocycles. The van der Waals surface area contributed by atoms with Crippen LogP contribution in [0.1, 0.15) is 21.6 Å². The van der Waals surface area contributed by atoms with Crippen LogP contribution in [0.15, 0.2) is 64.2 Å². The Labute approximate surface area is 160 Å². The molecule has 1 amide bonds. The summed E-state index contributed by atoms with van der Waals surface area (Å²) in [6, 6.07) is 12.0. The van der Waals surface area contributed by atoms with Gasteiger partial charge in [0.1, 0.15) is 11.4 Å². The first-order chi connectivity index (χ1) is 13.7. The summed E-state index contributed by atoms with van der Waals surface area (Å²) in [6.45, 7) is -0.266. The van der Waals surface area contributed by atoms with E-state index >= 15 is 0 Å². The van der Waals surface area contributed by atoms with Crippen molar-refractivity contribution in [1.29, 1.82) is 0 Å². The molecule has 0 saturated carbocycles. The third-order valence-corrected chi connectivity index (χ3v) is 3.99. The lowest BCUT2D eigenvalue weighted by atomic mass is 10.1. The molecule has 0 aliphatic carbocycles. The van der Waals surface area contributed by atoms with E-state index in [1.165, 1.54) is 36.4 Å². The zero-order valence-electron chi connectivity index (χ0n) is 14.6. The molecule has 150 valence electrons. The predicted octanol–water partition coefficient (Wildman–Crippen LogP) is 2.61. The Hall–Kier alpha value is -3.69. The van der Waals surface area contributed by atoms with Crippen molar-refractivity contribution >= 4 is 5.91 Å². The van der Waals surface area contributed by atoms with Crippen molar-refractivity contribution in [3.63, 3.8) is 0 Å². The van der Waals surface area contributed by atoms with Crippen LogP contribution < -0.4 is 16.3 Å². The Bertz CT molecular complexity index is 1150. The average Bonchev–Trinajstić information content (AvgIpc) is 2.69. The predicted molar refractivity (Wildman–Crippen MR) is 95.2 cm³/mol. The number of benzene rings is 2. The number of rotatable bonds is 4. The van der Waals surface area contributed by atoms with Gasteiger partial charge < -0.3 is 5.32 Å². The summed E-state index contributed by atoms with van der Waals surface area (Å²) in [7, 11) is 0. The van der Waals surface area contributed by atoms with Crippen molar-refractivity contribution < 1.29 is 22.4 Å². The van der Waals surface area contributed by atoms with E-state index in [9.17, 15) is 31.9 Å². The molecule has 0 fully saturated rings. The number of aromatic amines is 1. The van der Waals surface area contributed by atoms with Crippen molar-refractivity contribution in [1.82, 2.24) is 15.1 Å². The van der Waals surface area contributed by atoms with Gasteiger partial charge in [-0.05, 0) is 29.8 Å². The fraction of sp³-hybridized carbons (Fsp3) is 0.105. The highest BCUT2D eigenvalue weighted by Gasteiger charge is 2.39. The van der Waals surface area contributed by atoms with Gasteiger partial charge in [-0.15, -0.1) is 0 Å². The Kier molecular flexibility index (Phi) is 5.35. The van der Waals surface area contributed by atoms with Crippen molar-refractivity contribution in [3.05, 3.63) is 97.8 Å². The van der Waals surface area contributed by atoms with Crippen LogP contribution in [0.4, 0.5) is 17.6 Å². The SMILES string of the molecule is O=C(NCc1ccc(F)cc1)c1c(C(F)(F)F)[nH]n(-c2ccccc2)c(=O)c1=O. The molecule has 29 heavy (non-hydrogen) atoms. The highest BCUT2D eigenvalue weighted by Crippen LogP contribution is 2.28. The highest BCUT2D eigenvalue weighted by atomic mass is 19.4. The molecule has 10 heteroatoms. The summed E-state index contributed by atoms with van der Waals surface area (Å²) in [6.07, 6.45) is -5.11. The third kappa shape index (κ3) is 4.26. The average molecular weight is 407 g/mol. The molecule has 1 aromatic heterocycles. The number of carbonyl (C=O) groups is 1. The standard InChI is InChI=1S/C19H13F4N3O3/c20-12-8-6-11(7-9-12)10-24-17(28)14-15(27)18(29)26(13-4-2-1-3-5-13)25-16(14)19(21,22)23/h1-9,25H,10H2,(H,24,28). The van der Waals surface area contributed by atoms with E-state index in [1.807, 2.05) is 5.10 Å². The van der Waals surface area contributed by atoms with Crippen molar-refractivity contribution in [2.45, 2.75) is 12.7 Å². The number of nitrogens with zero attached hydrogens (tertiary/aromatic N) is 1. The van der Waals surface area contributed by atoms with E-state index in [0.29, 0.717) is 10.2 Å². The molecule has 2 N–H and O–H groups in total. The van der Waals surface area contributed by atoms with Gasteiger partial charge in [-0.1, -0.05) is 30.3 Å². The van der Waals surface area contributed by atoms with E-state index in [-0.39, 0.29) is 12.2 Å². The normalized spacial score (nSPS) is 11.3. The number of H-pyrrole nitrogens is 1. The minimum Gasteiger partial charge on any atom is -0.348 e. The van der Waals surface area contributed by atoms with Gasteiger partial charge in [0.15, 0.2) is 5.69 Å². The van der Waals surface area contributed by atoms with Gasteiger partial charge in [0.2, 0.25) is 0 Å². The van der Waals surface area contributed by atoms with Gasteiger partial charge >= 0.3 is 11.7 Å². The molecule has 0 aliphatic heterocycles. The molecule has 6 nitrogen and oxygen atoms in total. The first kappa shape index (κ1) is 20.1. The molecule has 0 atom stereocenters. The van der Waals surface area contributed by atoms with E-state index in [4.69, 9.17) is 0 Å². The van der Waals surface area contributed by atoms with Crippen LogP contribution in [-0.2, 0) is 12.7 Å². The summed E-state index contributed by atoms with van der Waals surface area (Å²) < 4.78 is 53.9. The first-order valence-corrected chi connectivity index (χ1v) is 8.23. The molecule has 0 radical (unpaired) electrons. The summed E-state index contributed by atoms with van der Waals surface area (Å²) in [4.78, 5) is 37.0. The van der Waals surface area contributed by atoms with Crippen LogP contribution >= 0.6 is 0 Å². The number of hydrogen-bond acceptors (Lipinski definition) is 3. The van der Waals surface area contributed by atoms with Gasteiger partial charge in [0, 0.05) is 6.54 Å². The lowest BCUT2D eigenvalue weighted by molar-refractivity contribution is -0.142. The number of aromatic nitrogens is 2. The molecule has 0 aliphatic rings. The number of hydrogen-bond donors (Lipinski definition) is 2. The van der Waals surface area contributed by atoms with Crippen LogP contribution in [0.25, 0.3) is 5.69 Å². The number of carbonyl (C=O) groups excluding carboxylic acids is 1. The van der Waals surface area contributed by atoms with E-state index in [0.717, 1.165) is 12.1 Å². The van der Waals surface area contributed by atoms with Gasteiger partial charge in [-0.2, -0.15) is 13.2 Å². The molecule has 0 bridgehead atoms. The van der Waals surface area contributed by atoms with Gasteiger partial charge in [0.05, 0.1) is 5.69 Å². The van der Waals surface area contributed by atoms with Crippen molar-refractivity contribution in [3.8, 4) is 5.69 Å². The molecule has 2 aromatic carbocycles. The van der Waals surface area contributed by atoms with Gasteiger partial charge in [-0.3, -0.25) is 19.5 Å². The van der Waals surface area contributed by atoms with Crippen LogP contribution in [-0.4, -0.2) is 15.7 Å². The number of para-hydroxylation sites is 1. The summed E-state index contributed by atoms with van der Waals surface area (Å²) >= 11 is 0. The zero-order chi connectivity index (χ0) is 21.2. The fourth-order valence-corrected chi connectivity index (χ4v) is 2.59. The number of amides is 1. The highest BCUT2D eigenvalue weighted by molar-refractivity contribution is 5.95. The maximum atomic E-state index is 13.5. The monoisotopic (exact) mass is 407 g/mol. The lowest BCUT2D eigenvalue weighted by Gasteiger charge is -2.15. The summed E-state index contributed by atoms with van der Waals surface area (Å²) in [5.74, 6) is -1.90. The second-order valence-electron chi connectivity index (χ2n) is 5.97. The zero-order valence-corrected chi connectivity index (χ0v) is 14.6. The largest absolute Gasteiger partial charge is 0.433 e. The van der Waals surface area contributed by atoms with Gasteiger partial charge in [-0.25, -0.2) is 9.07 Å². The van der Waals surface area contributed by atoms with E-state index < -0.39 is 40.1 Å². The number of halogens is 4.